The zero-order valence-electron chi connectivity index (χ0n) is 12.8. The van der Waals surface area contributed by atoms with Crippen molar-refractivity contribution in [3.63, 3.8) is 0 Å². The van der Waals surface area contributed by atoms with Crippen molar-refractivity contribution in [1.29, 1.82) is 0 Å². The summed E-state index contributed by atoms with van der Waals surface area (Å²) in [7, 11) is 2.21. The molecule has 1 aliphatic rings. The van der Waals surface area contributed by atoms with Crippen molar-refractivity contribution in [3.8, 4) is 0 Å². The van der Waals surface area contributed by atoms with E-state index in [1.54, 1.807) is 0 Å². The van der Waals surface area contributed by atoms with E-state index < -0.39 is 0 Å². The van der Waals surface area contributed by atoms with Gasteiger partial charge in [-0.1, -0.05) is 51.1 Å². The van der Waals surface area contributed by atoms with E-state index in [0.717, 1.165) is 0 Å². The van der Waals surface area contributed by atoms with Crippen LogP contribution in [-0.2, 0) is 0 Å². The van der Waals surface area contributed by atoms with Crippen LogP contribution in [0.4, 0.5) is 0 Å². The fourth-order valence-electron chi connectivity index (χ4n) is 2.93. The van der Waals surface area contributed by atoms with E-state index in [1.807, 2.05) is 0 Å². The molecule has 0 saturated carbocycles. The highest BCUT2D eigenvalue weighted by Crippen LogP contribution is 2.30. The maximum Gasteiger partial charge on any atom is 0.0328 e. The van der Waals surface area contributed by atoms with Crippen LogP contribution in [0, 0.1) is 5.41 Å². The minimum Gasteiger partial charge on any atom is -0.306 e. The van der Waals surface area contributed by atoms with E-state index >= 15 is 0 Å². The molecule has 1 fully saturated rings. The first-order valence-electron chi connectivity index (χ1n) is 7.43. The standard InChI is InChI=1S/C17H28N2/c1-17(2,3)12-16(14-8-6-5-7-9-14)18-15-10-11-19(4)13-15/h5-9,15-16,18H,10-13H2,1-4H3. The van der Waals surface area contributed by atoms with Crippen molar-refractivity contribution in [3.05, 3.63) is 35.9 Å². The van der Waals surface area contributed by atoms with Gasteiger partial charge in [0.25, 0.3) is 0 Å². The van der Waals surface area contributed by atoms with Crippen LogP contribution in [-0.4, -0.2) is 31.1 Å². The average molecular weight is 260 g/mol. The lowest BCUT2D eigenvalue weighted by atomic mass is 9.85. The Balaban J connectivity index is 2.06. The van der Waals surface area contributed by atoms with Crippen LogP contribution < -0.4 is 5.32 Å². The second-order valence-electron chi connectivity index (χ2n) is 7.14. The molecule has 2 atom stereocenters. The molecule has 0 aliphatic carbocycles. The number of hydrogen-bond donors (Lipinski definition) is 1. The number of nitrogens with zero attached hydrogens (tertiary/aromatic N) is 1. The van der Waals surface area contributed by atoms with Crippen molar-refractivity contribution >= 4 is 0 Å². The molecule has 0 radical (unpaired) electrons. The summed E-state index contributed by atoms with van der Waals surface area (Å²) in [6.45, 7) is 9.37. The Morgan fingerprint density at radius 3 is 2.47 bits per heavy atom. The third-order valence-corrected chi connectivity index (χ3v) is 3.85. The van der Waals surface area contributed by atoms with Crippen molar-refractivity contribution < 1.29 is 0 Å². The van der Waals surface area contributed by atoms with Crippen LogP contribution in [0.5, 0.6) is 0 Å². The summed E-state index contributed by atoms with van der Waals surface area (Å²) >= 11 is 0. The molecular formula is C17H28N2. The Morgan fingerprint density at radius 1 is 1.26 bits per heavy atom. The summed E-state index contributed by atoms with van der Waals surface area (Å²) in [6, 6.07) is 12.0. The molecule has 1 aromatic carbocycles. The Hall–Kier alpha value is -0.860. The SMILES string of the molecule is CN1CCC(NC(CC(C)(C)C)c2ccccc2)C1. The molecule has 0 amide bonds. The number of hydrogen-bond acceptors (Lipinski definition) is 2. The lowest BCUT2D eigenvalue weighted by molar-refractivity contribution is 0.290. The first kappa shape index (κ1) is 14.5. The predicted molar refractivity (Wildman–Crippen MR) is 82.3 cm³/mol. The minimum atomic E-state index is 0.345. The first-order valence-corrected chi connectivity index (χ1v) is 7.43. The highest BCUT2D eigenvalue weighted by atomic mass is 15.2. The number of benzene rings is 1. The maximum absolute atomic E-state index is 3.88. The number of rotatable bonds is 4. The molecule has 1 heterocycles. The van der Waals surface area contributed by atoms with Crippen molar-refractivity contribution in [2.75, 3.05) is 20.1 Å². The van der Waals surface area contributed by atoms with Crippen molar-refractivity contribution in [2.45, 2.75) is 45.7 Å². The largest absolute Gasteiger partial charge is 0.306 e. The van der Waals surface area contributed by atoms with Gasteiger partial charge in [0.05, 0.1) is 0 Å². The normalized spacial score (nSPS) is 22.6. The first-order chi connectivity index (χ1) is 8.94. The quantitative estimate of drug-likeness (QED) is 0.892. The van der Waals surface area contributed by atoms with E-state index in [-0.39, 0.29) is 0 Å². The number of likely N-dealkylation sites (N-methyl/N-ethyl adjacent to an activating group) is 1. The molecule has 0 aromatic heterocycles. The highest BCUT2D eigenvalue weighted by molar-refractivity contribution is 5.19. The second kappa shape index (κ2) is 6.06. The molecule has 1 saturated heterocycles. The fourth-order valence-corrected chi connectivity index (χ4v) is 2.93. The highest BCUT2D eigenvalue weighted by Gasteiger charge is 2.26. The van der Waals surface area contributed by atoms with Gasteiger partial charge >= 0.3 is 0 Å². The molecule has 106 valence electrons. The van der Waals surface area contributed by atoms with Gasteiger partial charge in [-0.25, -0.2) is 0 Å². The van der Waals surface area contributed by atoms with Gasteiger partial charge < -0.3 is 10.2 Å². The molecule has 2 unspecified atom stereocenters. The molecule has 2 rings (SSSR count). The summed E-state index contributed by atoms with van der Waals surface area (Å²) in [5.41, 5.74) is 1.77. The van der Waals surface area contributed by atoms with Crippen LogP contribution in [0.25, 0.3) is 0 Å². The van der Waals surface area contributed by atoms with E-state index in [9.17, 15) is 0 Å². The third-order valence-electron chi connectivity index (χ3n) is 3.85. The number of nitrogens with one attached hydrogen (secondary N) is 1. The van der Waals surface area contributed by atoms with Gasteiger partial charge in [0.15, 0.2) is 0 Å². The van der Waals surface area contributed by atoms with Crippen LogP contribution >= 0.6 is 0 Å². The van der Waals surface area contributed by atoms with Crippen molar-refractivity contribution in [2.24, 2.45) is 5.41 Å². The fraction of sp³-hybridized carbons (Fsp3) is 0.647. The summed E-state index contributed by atoms with van der Waals surface area (Å²) in [5.74, 6) is 0. The average Bonchev–Trinajstić information content (AvgIpc) is 2.73. The Bertz CT molecular complexity index is 380. The molecule has 1 aliphatic heterocycles. The molecule has 0 spiro atoms. The lowest BCUT2D eigenvalue weighted by Gasteiger charge is -2.29. The zero-order chi connectivity index (χ0) is 13.9. The number of likely N-dealkylation sites (tertiary alicyclic amines) is 1. The molecule has 0 bridgehead atoms. The summed E-state index contributed by atoms with van der Waals surface area (Å²) in [5, 5.41) is 3.88. The van der Waals surface area contributed by atoms with Crippen LogP contribution in [0.3, 0.4) is 0 Å². The third kappa shape index (κ3) is 4.63. The molecule has 2 nitrogen and oxygen atoms in total. The smallest absolute Gasteiger partial charge is 0.0328 e. The lowest BCUT2D eigenvalue weighted by Crippen LogP contribution is -2.36. The van der Waals surface area contributed by atoms with Crippen LogP contribution in [0.15, 0.2) is 30.3 Å². The Kier molecular flexibility index (Phi) is 4.64. The zero-order valence-corrected chi connectivity index (χ0v) is 12.8. The van der Waals surface area contributed by atoms with E-state index in [0.29, 0.717) is 17.5 Å². The maximum atomic E-state index is 3.88. The topological polar surface area (TPSA) is 15.3 Å². The second-order valence-corrected chi connectivity index (χ2v) is 7.14. The van der Waals surface area contributed by atoms with E-state index in [1.165, 1.54) is 31.5 Å². The molecule has 1 N–H and O–H groups in total. The monoisotopic (exact) mass is 260 g/mol. The van der Waals surface area contributed by atoms with E-state index in [2.05, 4.69) is 68.4 Å². The van der Waals surface area contributed by atoms with Gasteiger partial charge in [0.1, 0.15) is 0 Å². The molecule has 2 heteroatoms. The van der Waals surface area contributed by atoms with Gasteiger partial charge in [-0.05, 0) is 37.4 Å². The van der Waals surface area contributed by atoms with Gasteiger partial charge in [0.2, 0.25) is 0 Å². The Morgan fingerprint density at radius 2 is 1.95 bits per heavy atom. The summed E-state index contributed by atoms with van der Waals surface area (Å²) in [4.78, 5) is 2.41. The van der Waals surface area contributed by atoms with Crippen LogP contribution in [0.1, 0.15) is 45.2 Å². The van der Waals surface area contributed by atoms with Gasteiger partial charge in [-0.2, -0.15) is 0 Å². The molecule has 19 heavy (non-hydrogen) atoms. The Labute approximate surface area is 118 Å². The van der Waals surface area contributed by atoms with Gasteiger partial charge in [-0.3, -0.25) is 0 Å². The minimum absolute atomic E-state index is 0.345. The van der Waals surface area contributed by atoms with Crippen molar-refractivity contribution in [1.82, 2.24) is 10.2 Å². The molecule has 1 aromatic rings. The predicted octanol–water partition coefficient (Wildman–Crippen LogP) is 3.46. The molecular weight excluding hydrogens is 232 g/mol. The van der Waals surface area contributed by atoms with Crippen LogP contribution in [0.2, 0.25) is 0 Å². The summed E-state index contributed by atoms with van der Waals surface area (Å²) in [6.07, 6.45) is 2.45. The van der Waals surface area contributed by atoms with E-state index in [4.69, 9.17) is 0 Å². The van der Waals surface area contributed by atoms with Gasteiger partial charge in [0, 0.05) is 18.6 Å². The summed E-state index contributed by atoms with van der Waals surface area (Å²) < 4.78 is 0. The van der Waals surface area contributed by atoms with Gasteiger partial charge in [-0.15, -0.1) is 0 Å².